The number of hydrogen-bond acceptors (Lipinski definition) is 3. The van der Waals surface area contributed by atoms with E-state index in [-0.39, 0.29) is 5.91 Å². The molecule has 3 N–H and O–H groups in total. The summed E-state index contributed by atoms with van der Waals surface area (Å²) in [6, 6.07) is -1.34. The van der Waals surface area contributed by atoms with Crippen molar-refractivity contribution in [2.24, 2.45) is 11.1 Å². The van der Waals surface area contributed by atoms with Crippen molar-refractivity contribution in [3.8, 4) is 0 Å². The van der Waals surface area contributed by atoms with Crippen LogP contribution in [0.3, 0.4) is 0 Å². The van der Waals surface area contributed by atoms with Crippen LogP contribution >= 0.6 is 0 Å². The van der Waals surface area contributed by atoms with Gasteiger partial charge in [0.2, 0.25) is 5.91 Å². The first-order valence-corrected chi connectivity index (χ1v) is 6.60. The van der Waals surface area contributed by atoms with Crippen molar-refractivity contribution in [3.05, 3.63) is 0 Å². The number of likely N-dealkylation sites (tertiary alicyclic amines) is 1. The molecule has 0 bridgehead atoms. The summed E-state index contributed by atoms with van der Waals surface area (Å²) >= 11 is 0. The highest BCUT2D eigenvalue weighted by Crippen LogP contribution is 2.35. The molecule has 0 spiro atoms. The highest BCUT2D eigenvalue weighted by atomic mass is 16.4. The predicted octanol–water partition coefficient (Wildman–Crippen LogP) is 1.22. The minimum absolute atomic E-state index is 0.225. The number of piperidine rings is 1. The van der Waals surface area contributed by atoms with Crippen molar-refractivity contribution < 1.29 is 14.7 Å². The van der Waals surface area contributed by atoms with Crippen LogP contribution < -0.4 is 5.73 Å². The van der Waals surface area contributed by atoms with Crippen LogP contribution in [0.2, 0.25) is 0 Å². The second kappa shape index (κ2) is 5.69. The monoisotopic (exact) mass is 256 g/mol. The largest absolute Gasteiger partial charge is 0.480 e. The van der Waals surface area contributed by atoms with Gasteiger partial charge in [0.15, 0.2) is 0 Å². The molecule has 5 nitrogen and oxygen atoms in total. The summed E-state index contributed by atoms with van der Waals surface area (Å²) in [5.41, 5.74) is 5.43. The van der Waals surface area contributed by atoms with E-state index in [0.29, 0.717) is 13.0 Å². The van der Waals surface area contributed by atoms with Gasteiger partial charge in [-0.2, -0.15) is 0 Å². The van der Waals surface area contributed by atoms with Crippen molar-refractivity contribution in [1.82, 2.24) is 4.90 Å². The number of amides is 1. The molecule has 1 fully saturated rings. The fraction of sp³-hybridized carbons (Fsp3) is 0.846. The van der Waals surface area contributed by atoms with Gasteiger partial charge in [0.25, 0.3) is 0 Å². The number of nitrogens with two attached hydrogens (primary N) is 1. The molecule has 1 saturated heterocycles. The molecule has 2 atom stereocenters. The summed E-state index contributed by atoms with van der Waals surface area (Å²) in [5, 5.41) is 9.37. The lowest BCUT2D eigenvalue weighted by Crippen LogP contribution is -2.59. The lowest BCUT2D eigenvalue weighted by molar-refractivity contribution is -0.159. The Morgan fingerprint density at radius 2 is 2.11 bits per heavy atom. The number of hydrogen-bond donors (Lipinski definition) is 2. The Balaban J connectivity index is 2.91. The van der Waals surface area contributed by atoms with Crippen LogP contribution in [0.1, 0.15) is 46.5 Å². The number of rotatable bonds is 4. The summed E-state index contributed by atoms with van der Waals surface area (Å²) in [5.74, 6) is -1.16. The number of carbonyl (C=O) groups excluding carboxylic acids is 1. The van der Waals surface area contributed by atoms with Crippen LogP contribution in [0.15, 0.2) is 0 Å². The Morgan fingerprint density at radius 3 is 2.61 bits per heavy atom. The third-order valence-electron chi connectivity index (χ3n) is 3.71. The summed E-state index contributed by atoms with van der Waals surface area (Å²) in [6.45, 7) is 6.26. The van der Waals surface area contributed by atoms with Gasteiger partial charge < -0.3 is 15.7 Å². The molecular weight excluding hydrogens is 232 g/mol. The summed E-state index contributed by atoms with van der Waals surface area (Å²) in [6.07, 6.45) is 3.07. The molecule has 5 heteroatoms. The normalized spacial score (nSPS) is 24.7. The second-order valence-corrected chi connectivity index (χ2v) is 5.76. The van der Waals surface area contributed by atoms with Crippen molar-refractivity contribution in [1.29, 1.82) is 0 Å². The van der Waals surface area contributed by atoms with Crippen molar-refractivity contribution in [2.45, 2.75) is 58.5 Å². The number of carboxylic acids is 1. The minimum Gasteiger partial charge on any atom is -0.480 e. The van der Waals surface area contributed by atoms with Gasteiger partial charge >= 0.3 is 5.97 Å². The Hall–Kier alpha value is -1.10. The van der Waals surface area contributed by atoms with Crippen LogP contribution in [-0.4, -0.2) is 40.5 Å². The average Bonchev–Trinajstić information content (AvgIpc) is 2.26. The highest BCUT2D eigenvalue weighted by molar-refractivity contribution is 5.87. The van der Waals surface area contributed by atoms with Gasteiger partial charge in [0, 0.05) is 6.54 Å². The van der Waals surface area contributed by atoms with E-state index >= 15 is 0 Å². The summed E-state index contributed by atoms with van der Waals surface area (Å²) < 4.78 is 0. The second-order valence-electron chi connectivity index (χ2n) is 5.76. The van der Waals surface area contributed by atoms with Gasteiger partial charge in [-0.05, 0) is 24.7 Å². The number of carbonyl (C=O) groups is 2. The number of carboxylic acid groups (broad SMARTS) is 1. The fourth-order valence-electron chi connectivity index (χ4n) is 2.75. The van der Waals surface area contributed by atoms with Crippen molar-refractivity contribution >= 4 is 11.9 Å². The van der Waals surface area contributed by atoms with Gasteiger partial charge in [-0.1, -0.05) is 27.2 Å². The van der Waals surface area contributed by atoms with Crippen LogP contribution in [0.5, 0.6) is 0 Å². The first-order valence-electron chi connectivity index (χ1n) is 6.60. The molecule has 1 heterocycles. The summed E-state index contributed by atoms with van der Waals surface area (Å²) in [4.78, 5) is 25.1. The zero-order chi connectivity index (χ0) is 13.9. The molecular formula is C13H24N2O3. The maximum absolute atomic E-state index is 12.2. The molecule has 0 saturated carbocycles. The maximum Gasteiger partial charge on any atom is 0.326 e. The van der Waals surface area contributed by atoms with Gasteiger partial charge in [-0.15, -0.1) is 0 Å². The summed E-state index contributed by atoms with van der Waals surface area (Å²) in [7, 11) is 0. The van der Waals surface area contributed by atoms with E-state index < -0.39 is 23.5 Å². The maximum atomic E-state index is 12.2. The predicted molar refractivity (Wildman–Crippen MR) is 69.0 cm³/mol. The molecule has 104 valence electrons. The van der Waals surface area contributed by atoms with Gasteiger partial charge in [-0.3, -0.25) is 4.79 Å². The van der Waals surface area contributed by atoms with Crippen molar-refractivity contribution in [2.75, 3.05) is 6.54 Å². The van der Waals surface area contributed by atoms with Gasteiger partial charge in [0.05, 0.1) is 6.04 Å². The topological polar surface area (TPSA) is 83.6 Å². The Morgan fingerprint density at radius 1 is 1.50 bits per heavy atom. The quantitative estimate of drug-likeness (QED) is 0.792. The SMILES string of the molecule is CCCC(N)C(=O)N1CCCC(C)(C)C1C(=O)O. The van der Waals surface area contributed by atoms with Crippen LogP contribution in [0.4, 0.5) is 0 Å². The zero-order valence-corrected chi connectivity index (χ0v) is 11.5. The smallest absolute Gasteiger partial charge is 0.326 e. The molecule has 1 aliphatic heterocycles. The van der Waals surface area contributed by atoms with Gasteiger partial charge in [-0.25, -0.2) is 4.79 Å². The lowest BCUT2D eigenvalue weighted by atomic mass is 9.76. The molecule has 0 radical (unpaired) electrons. The minimum atomic E-state index is -0.934. The molecule has 0 aromatic carbocycles. The van der Waals surface area contributed by atoms with E-state index in [1.807, 2.05) is 20.8 Å². The molecule has 0 aliphatic carbocycles. The number of nitrogens with zero attached hydrogens (tertiary/aromatic N) is 1. The van der Waals surface area contributed by atoms with Gasteiger partial charge in [0.1, 0.15) is 6.04 Å². The van der Waals surface area contributed by atoms with E-state index in [9.17, 15) is 14.7 Å². The molecule has 18 heavy (non-hydrogen) atoms. The highest BCUT2D eigenvalue weighted by Gasteiger charge is 2.45. The zero-order valence-electron chi connectivity index (χ0n) is 11.5. The van der Waals surface area contributed by atoms with Crippen LogP contribution in [-0.2, 0) is 9.59 Å². The molecule has 1 rings (SSSR count). The molecule has 2 unspecified atom stereocenters. The average molecular weight is 256 g/mol. The Bertz CT molecular complexity index is 328. The van der Waals surface area contributed by atoms with E-state index in [0.717, 1.165) is 19.3 Å². The van der Waals surface area contributed by atoms with E-state index in [1.165, 1.54) is 4.90 Å². The standard InChI is InChI=1S/C13H24N2O3/c1-4-6-9(14)11(16)15-8-5-7-13(2,3)10(15)12(17)18/h9-10H,4-8,14H2,1-3H3,(H,17,18). The van der Waals surface area contributed by atoms with Crippen LogP contribution in [0.25, 0.3) is 0 Å². The molecule has 0 aromatic rings. The Kier molecular flexibility index (Phi) is 4.73. The third kappa shape index (κ3) is 3.02. The molecule has 1 amide bonds. The van der Waals surface area contributed by atoms with E-state index in [2.05, 4.69) is 0 Å². The molecule has 1 aliphatic rings. The van der Waals surface area contributed by atoms with E-state index in [4.69, 9.17) is 5.73 Å². The molecule has 0 aromatic heterocycles. The Labute approximate surface area is 108 Å². The first-order chi connectivity index (χ1) is 8.31. The number of aliphatic carboxylic acids is 1. The van der Waals surface area contributed by atoms with Crippen molar-refractivity contribution in [3.63, 3.8) is 0 Å². The fourth-order valence-corrected chi connectivity index (χ4v) is 2.75. The third-order valence-corrected chi connectivity index (χ3v) is 3.71. The lowest BCUT2D eigenvalue weighted by Gasteiger charge is -2.44. The van der Waals surface area contributed by atoms with E-state index in [1.54, 1.807) is 0 Å². The first kappa shape index (κ1) is 15.0. The van der Waals surface area contributed by atoms with Crippen LogP contribution in [0, 0.1) is 5.41 Å².